The minimum Gasteiger partial charge on any atom is -0.850 e. The number of hydrogen-bond donors (Lipinski definition) is 2. The first-order chi connectivity index (χ1) is 10.7. The maximum atomic E-state index is 10.1. The third kappa shape index (κ3) is 68.9. The van der Waals surface area contributed by atoms with E-state index in [1.165, 1.54) is 12.8 Å². The standard InChI is InChI=1S/C6H12O3.C4H8O.C4H9O.C2H3BrO2.Li/c1-6(2,3)9-4-5(7)8;1-2-4-5-3-1;1-4(2,3)5;3-1-2(4)5;/h4H2,1-3H3,(H,7,8);1-4H2;1-3H3;1H2,(H,4,5);/q;;-1;;+1. The monoisotopic (exact) mass is 422 g/mol. The zero-order valence-corrected chi connectivity index (χ0v) is 18.1. The molecule has 9 heteroatoms. The van der Waals surface area contributed by atoms with Gasteiger partial charge in [0.2, 0.25) is 0 Å². The molecule has 1 heterocycles. The van der Waals surface area contributed by atoms with Gasteiger partial charge in [-0.15, -0.1) is 5.60 Å². The molecule has 0 unspecified atom stereocenters. The molecule has 0 amide bonds. The molecule has 0 aliphatic carbocycles. The van der Waals surface area contributed by atoms with Gasteiger partial charge in [-0.2, -0.15) is 0 Å². The van der Waals surface area contributed by atoms with Crippen molar-refractivity contribution >= 4 is 27.9 Å². The Morgan fingerprint density at radius 3 is 1.44 bits per heavy atom. The first-order valence-electron chi connectivity index (χ1n) is 7.60. The average molecular weight is 423 g/mol. The Kier molecular flexibility index (Phi) is 24.3. The van der Waals surface area contributed by atoms with Crippen LogP contribution in [0.3, 0.4) is 0 Å². The summed E-state index contributed by atoms with van der Waals surface area (Å²) in [6, 6.07) is 0. The van der Waals surface area contributed by atoms with E-state index in [-0.39, 0.29) is 36.4 Å². The molecule has 7 nitrogen and oxygen atoms in total. The number of carboxylic acid groups (broad SMARTS) is 2. The van der Waals surface area contributed by atoms with Crippen molar-refractivity contribution in [1.82, 2.24) is 0 Å². The molecule has 1 saturated heterocycles. The maximum Gasteiger partial charge on any atom is 1.00 e. The number of ether oxygens (including phenoxy) is 2. The molecule has 0 bridgehead atoms. The van der Waals surface area contributed by atoms with Crippen LogP contribution in [-0.2, 0) is 19.1 Å². The van der Waals surface area contributed by atoms with Crippen LogP contribution in [0.1, 0.15) is 54.4 Å². The molecule has 1 aliphatic rings. The number of aliphatic carboxylic acids is 2. The zero-order valence-electron chi connectivity index (χ0n) is 16.6. The van der Waals surface area contributed by atoms with E-state index in [9.17, 15) is 14.7 Å². The minimum atomic E-state index is -0.926. The largest absolute Gasteiger partial charge is 1.00 e. The Morgan fingerprint density at radius 1 is 1.04 bits per heavy atom. The molecule has 1 aliphatic heterocycles. The van der Waals surface area contributed by atoms with E-state index < -0.39 is 17.5 Å². The van der Waals surface area contributed by atoms with E-state index in [1.54, 1.807) is 20.8 Å². The van der Waals surface area contributed by atoms with Crippen LogP contribution in [0, 0.1) is 0 Å². The minimum absolute atomic E-state index is 0. The van der Waals surface area contributed by atoms with E-state index in [0.29, 0.717) is 0 Å². The zero-order chi connectivity index (χ0) is 19.8. The summed E-state index contributed by atoms with van der Waals surface area (Å²) >= 11 is 2.71. The van der Waals surface area contributed by atoms with Crippen LogP contribution >= 0.6 is 15.9 Å². The summed E-state index contributed by atoms with van der Waals surface area (Å²) in [5.74, 6) is -1.75. The second-order valence-electron chi connectivity index (χ2n) is 6.75. The van der Waals surface area contributed by atoms with Crippen LogP contribution in [-0.4, -0.2) is 58.5 Å². The fraction of sp³-hybridized carbons (Fsp3) is 0.875. The summed E-state index contributed by atoms with van der Waals surface area (Å²) in [6.45, 7) is 12.1. The summed E-state index contributed by atoms with van der Waals surface area (Å²) in [5, 5.41) is 26.0. The third-order valence-electron chi connectivity index (χ3n) is 1.57. The van der Waals surface area contributed by atoms with Crippen LogP contribution in [0.4, 0.5) is 0 Å². The number of hydrogen-bond acceptors (Lipinski definition) is 5. The van der Waals surface area contributed by atoms with E-state index in [2.05, 4.69) is 15.9 Å². The summed E-state index contributed by atoms with van der Waals surface area (Å²) in [5.41, 5.74) is -1.10. The number of halogens is 1. The maximum absolute atomic E-state index is 10.1. The Hall–Kier alpha value is -0.103. The Bertz CT molecular complexity index is 308. The molecule has 0 aromatic carbocycles. The number of carbonyl (C=O) groups is 2. The Morgan fingerprint density at radius 2 is 1.36 bits per heavy atom. The summed E-state index contributed by atoms with van der Waals surface area (Å²) < 4.78 is 9.84. The van der Waals surface area contributed by atoms with Crippen molar-refractivity contribution in [3.05, 3.63) is 0 Å². The summed E-state index contributed by atoms with van der Waals surface area (Å²) in [7, 11) is 0. The van der Waals surface area contributed by atoms with Gasteiger partial charge in [-0.3, -0.25) is 4.79 Å². The molecule has 0 atom stereocenters. The van der Waals surface area contributed by atoms with Gasteiger partial charge in [0.25, 0.3) is 0 Å². The molecule has 25 heavy (non-hydrogen) atoms. The fourth-order valence-corrected chi connectivity index (χ4v) is 0.789. The number of rotatable bonds is 3. The molecular weight excluding hydrogens is 391 g/mol. The van der Waals surface area contributed by atoms with Crippen molar-refractivity contribution in [3.8, 4) is 0 Å². The number of alkyl halides is 1. The second-order valence-corrected chi connectivity index (χ2v) is 7.31. The summed E-state index contributed by atoms with van der Waals surface area (Å²) in [4.78, 5) is 19.2. The van der Waals surface area contributed by atoms with Crippen LogP contribution in [0.25, 0.3) is 0 Å². The third-order valence-corrected chi connectivity index (χ3v) is 2.05. The molecule has 0 aromatic heterocycles. The van der Waals surface area contributed by atoms with Crippen LogP contribution in [0.2, 0.25) is 0 Å². The van der Waals surface area contributed by atoms with Crippen molar-refractivity contribution in [1.29, 1.82) is 0 Å². The van der Waals surface area contributed by atoms with Crippen LogP contribution in [0.5, 0.6) is 0 Å². The Labute approximate surface area is 171 Å². The van der Waals surface area contributed by atoms with Crippen molar-refractivity contribution in [3.63, 3.8) is 0 Å². The fourth-order valence-electron chi connectivity index (χ4n) is 0.789. The first-order valence-corrected chi connectivity index (χ1v) is 8.73. The van der Waals surface area contributed by atoms with Gasteiger partial charge in [0.15, 0.2) is 0 Å². The van der Waals surface area contributed by atoms with Crippen molar-refractivity contribution in [2.75, 3.05) is 25.2 Å². The molecule has 0 saturated carbocycles. The van der Waals surface area contributed by atoms with Crippen LogP contribution in [0.15, 0.2) is 0 Å². The predicted octanol–water partition coefficient (Wildman–Crippen LogP) is -0.702. The Balaban J connectivity index is -0.000000121. The molecule has 2 N–H and O–H groups in total. The van der Waals surface area contributed by atoms with Gasteiger partial charge in [-0.05, 0) is 33.6 Å². The van der Waals surface area contributed by atoms with Gasteiger partial charge in [0, 0.05) is 13.2 Å². The second kappa shape index (κ2) is 18.7. The molecule has 0 radical (unpaired) electrons. The van der Waals surface area contributed by atoms with Gasteiger partial charge >= 0.3 is 30.8 Å². The predicted molar refractivity (Wildman–Crippen MR) is 94.6 cm³/mol. The molecule has 0 spiro atoms. The topological polar surface area (TPSA) is 116 Å². The average Bonchev–Trinajstić information content (AvgIpc) is 2.93. The first kappa shape index (κ1) is 32.6. The molecule has 146 valence electrons. The van der Waals surface area contributed by atoms with Crippen LogP contribution < -0.4 is 24.0 Å². The number of carboxylic acids is 2. The molecule has 1 rings (SSSR count). The smallest absolute Gasteiger partial charge is 0.850 e. The summed E-state index contributed by atoms with van der Waals surface area (Å²) in [6.07, 6.45) is 2.56. The van der Waals surface area contributed by atoms with E-state index in [4.69, 9.17) is 19.7 Å². The van der Waals surface area contributed by atoms with Gasteiger partial charge in [-0.1, -0.05) is 36.7 Å². The normalized spacial score (nSPS) is 12.8. The van der Waals surface area contributed by atoms with Crippen molar-refractivity contribution < 1.29 is 53.2 Å². The van der Waals surface area contributed by atoms with Gasteiger partial charge in [0.05, 0.1) is 5.60 Å². The SMILES string of the molecule is C1CCOC1.CC(C)(C)OCC(=O)O.CC(C)(C)[O-].O=C(O)CBr.[Li+]. The quantitative estimate of drug-likeness (QED) is 0.456. The van der Waals surface area contributed by atoms with Gasteiger partial charge in [0.1, 0.15) is 11.9 Å². The van der Waals surface area contributed by atoms with Gasteiger partial charge < -0.3 is 24.8 Å². The van der Waals surface area contributed by atoms with E-state index >= 15 is 0 Å². The molecule has 1 fully saturated rings. The van der Waals surface area contributed by atoms with Crippen molar-refractivity contribution in [2.24, 2.45) is 0 Å². The molecule has 0 aromatic rings. The van der Waals surface area contributed by atoms with Crippen molar-refractivity contribution in [2.45, 2.75) is 65.6 Å². The van der Waals surface area contributed by atoms with Gasteiger partial charge in [-0.25, -0.2) is 4.79 Å². The molecular formula is C16H32BrLiO7. The van der Waals surface area contributed by atoms with E-state index in [0.717, 1.165) is 13.2 Å². The van der Waals surface area contributed by atoms with E-state index in [1.807, 2.05) is 20.8 Å².